The van der Waals surface area contributed by atoms with Crippen molar-refractivity contribution in [3.63, 3.8) is 0 Å². The smallest absolute Gasteiger partial charge is 0.0999 e. The Hall–Kier alpha value is -6.91. The van der Waals surface area contributed by atoms with Gasteiger partial charge in [0.2, 0.25) is 0 Å². The molecule has 4 heteroatoms. The molecule has 1 N–H and O–H groups in total. The molecule has 0 aliphatic heterocycles. The third kappa shape index (κ3) is 8.64. The first-order chi connectivity index (χ1) is 30.1. The van der Waals surface area contributed by atoms with Crippen LogP contribution in [0.15, 0.2) is 170 Å². The van der Waals surface area contributed by atoms with Crippen molar-refractivity contribution in [2.24, 2.45) is 0 Å². The van der Waals surface area contributed by atoms with E-state index in [1.54, 1.807) is 0 Å². The number of aromatic amines is 1. The zero-order valence-corrected chi connectivity index (χ0v) is 38.0. The quantitative estimate of drug-likeness (QED) is 0.174. The van der Waals surface area contributed by atoms with E-state index in [2.05, 4.69) is 231 Å². The van der Waals surface area contributed by atoms with Crippen LogP contribution in [-0.4, -0.2) is 20.2 Å². The second-order valence-electron chi connectivity index (χ2n) is 20.0. The topological polar surface area (TPSA) is 54.5 Å². The van der Waals surface area contributed by atoms with Crippen LogP contribution in [-0.2, 0) is 16.2 Å². The van der Waals surface area contributed by atoms with Crippen LogP contribution in [0.3, 0.4) is 0 Å². The number of benzene rings is 6. The minimum absolute atomic E-state index is 0.0497. The van der Waals surface area contributed by atoms with Crippen LogP contribution in [0.2, 0.25) is 0 Å². The number of pyridine rings is 2. The summed E-state index contributed by atoms with van der Waals surface area (Å²) in [4.78, 5) is 10.6. The molecule has 0 fully saturated rings. The number of nitrogens with zero attached hydrogens (tertiary/aromatic N) is 3. The fourth-order valence-electron chi connectivity index (χ4n) is 8.34. The zero-order chi connectivity index (χ0) is 44.1. The highest BCUT2D eigenvalue weighted by atomic mass is 15.1. The third-order valence-electron chi connectivity index (χ3n) is 12.2. The number of hydrogen-bond acceptors (Lipinski definition) is 3. The van der Waals surface area contributed by atoms with Crippen LogP contribution < -0.4 is 0 Å². The average molecular weight is 821 g/mol. The molecule has 0 aliphatic rings. The van der Waals surface area contributed by atoms with Gasteiger partial charge in [0.15, 0.2) is 0 Å². The van der Waals surface area contributed by atoms with Crippen molar-refractivity contribution >= 4 is 10.9 Å². The first-order valence-electron chi connectivity index (χ1n) is 22.1. The predicted octanol–water partition coefficient (Wildman–Crippen LogP) is 15.9. The van der Waals surface area contributed by atoms with Gasteiger partial charge in [-0.2, -0.15) is 5.10 Å². The van der Waals surface area contributed by atoms with Gasteiger partial charge in [0, 0.05) is 33.8 Å². The Balaban J connectivity index is 1.34. The van der Waals surface area contributed by atoms with Crippen LogP contribution in [0.4, 0.5) is 0 Å². The Kier molecular flexibility index (Phi) is 10.6. The van der Waals surface area contributed by atoms with Crippen LogP contribution in [0.5, 0.6) is 0 Å². The molecule has 0 unspecified atom stereocenters. The maximum absolute atomic E-state index is 5.66. The standard InChI is InChI=1S/C59H56N4/c1-57(2,3)47-30-43(31-48(35-47)58(4,5)6)44-33-53(61-54(34-44)50-36-49(59(7,8)9)37-51-55(62-63-56(50)51)40-23-17-12-18-24-40)46-28-42(39-21-15-11-16-22-39)27-45(29-46)52-32-41(25-26-60-52)38-19-13-10-14-20-38/h10-37H,1-9H3,(H,62,63). The van der Waals surface area contributed by atoms with Gasteiger partial charge in [-0.3, -0.25) is 10.1 Å². The van der Waals surface area contributed by atoms with Crippen LogP contribution in [0.25, 0.3) is 89.3 Å². The van der Waals surface area contributed by atoms with Gasteiger partial charge < -0.3 is 0 Å². The summed E-state index contributed by atoms with van der Waals surface area (Å²) in [6, 6.07) is 59.0. The maximum atomic E-state index is 5.66. The van der Waals surface area contributed by atoms with Crippen molar-refractivity contribution in [2.75, 3.05) is 0 Å². The molecule has 9 aromatic rings. The monoisotopic (exact) mass is 820 g/mol. The molecule has 6 aromatic carbocycles. The van der Waals surface area contributed by atoms with Crippen molar-refractivity contribution in [1.29, 1.82) is 0 Å². The lowest BCUT2D eigenvalue weighted by Crippen LogP contribution is -2.16. The molecule has 312 valence electrons. The number of H-pyrrole nitrogens is 1. The molecule has 0 atom stereocenters. The van der Waals surface area contributed by atoms with Gasteiger partial charge in [0.25, 0.3) is 0 Å². The highest BCUT2D eigenvalue weighted by Crippen LogP contribution is 2.42. The van der Waals surface area contributed by atoms with Gasteiger partial charge in [-0.1, -0.05) is 172 Å². The van der Waals surface area contributed by atoms with Gasteiger partial charge >= 0.3 is 0 Å². The Morgan fingerprint density at radius 2 is 0.825 bits per heavy atom. The first-order valence-corrected chi connectivity index (χ1v) is 22.1. The molecule has 0 saturated carbocycles. The highest BCUT2D eigenvalue weighted by Gasteiger charge is 2.24. The van der Waals surface area contributed by atoms with Crippen molar-refractivity contribution in [3.8, 4) is 78.4 Å². The Labute approximate surface area is 373 Å². The van der Waals surface area contributed by atoms with E-state index in [-0.39, 0.29) is 16.2 Å². The van der Waals surface area contributed by atoms with Gasteiger partial charge in [0.05, 0.1) is 28.3 Å². The summed E-state index contributed by atoms with van der Waals surface area (Å²) in [5.74, 6) is 0. The summed E-state index contributed by atoms with van der Waals surface area (Å²) >= 11 is 0. The van der Waals surface area contributed by atoms with E-state index in [1.165, 1.54) is 22.3 Å². The van der Waals surface area contributed by atoms with E-state index in [1.807, 2.05) is 6.20 Å². The molecule has 0 bridgehead atoms. The molecule has 0 radical (unpaired) electrons. The van der Waals surface area contributed by atoms with Crippen LogP contribution in [0, 0.1) is 0 Å². The fraction of sp³-hybridized carbons (Fsp3) is 0.203. The minimum Gasteiger partial charge on any atom is -0.277 e. The number of hydrogen-bond donors (Lipinski definition) is 1. The van der Waals surface area contributed by atoms with Crippen molar-refractivity contribution in [3.05, 3.63) is 187 Å². The van der Waals surface area contributed by atoms with Gasteiger partial charge in [0.1, 0.15) is 0 Å². The van der Waals surface area contributed by atoms with Crippen molar-refractivity contribution in [2.45, 2.75) is 78.6 Å². The summed E-state index contributed by atoms with van der Waals surface area (Å²) in [5, 5.41) is 9.55. The van der Waals surface area contributed by atoms with Crippen molar-refractivity contribution < 1.29 is 0 Å². The molecule has 0 spiro atoms. The zero-order valence-electron chi connectivity index (χ0n) is 38.0. The molecule has 3 heterocycles. The summed E-state index contributed by atoms with van der Waals surface area (Å²) in [7, 11) is 0. The van der Waals surface area contributed by atoms with E-state index in [4.69, 9.17) is 15.1 Å². The van der Waals surface area contributed by atoms with Crippen molar-refractivity contribution in [1.82, 2.24) is 20.2 Å². The molecule has 3 aromatic heterocycles. The van der Waals surface area contributed by atoms with E-state index < -0.39 is 0 Å². The SMILES string of the molecule is CC(C)(C)c1cc(-c2cc(-c3cc(-c4ccccc4)cc(-c4cc(-c5ccccc5)ccn4)c3)nc(-c3cc(C(C)(C)C)cc4c(-c5ccccc5)n[nH]c34)c2)cc(C(C)(C)C)c1. The Morgan fingerprint density at radius 1 is 0.365 bits per heavy atom. The largest absolute Gasteiger partial charge is 0.277 e. The Bertz CT molecular complexity index is 3050. The Morgan fingerprint density at radius 3 is 1.41 bits per heavy atom. The second kappa shape index (κ2) is 16.1. The molecule has 0 aliphatic carbocycles. The normalized spacial score (nSPS) is 12.2. The van der Waals surface area contributed by atoms with Gasteiger partial charge in [-0.15, -0.1) is 0 Å². The lowest BCUT2D eigenvalue weighted by Gasteiger charge is -2.26. The lowest BCUT2D eigenvalue weighted by molar-refractivity contribution is 0.569. The molecule has 0 saturated heterocycles. The van der Waals surface area contributed by atoms with Gasteiger partial charge in [-0.25, -0.2) is 4.98 Å². The van der Waals surface area contributed by atoms with Gasteiger partial charge in [-0.05, 0) is 121 Å². The highest BCUT2D eigenvalue weighted by molar-refractivity contribution is 6.02. The maximum Gasteiger partial charge on any atom is 0.0999 e. The number of aromatic nitrogens is 4. The number of rotatable bonds is 7. The number of fused-ring (bicyclic) bond motifs is 1. The number of nitrogens with one attached hydrogen (secondary N) is 1. The summed E-state index contributed by atoms with van der Waals surface area (Å²) in [5.41, 5.74) is 19.1. The molecular weight excluding hydrogens is 765 g/mol. The fourth-order valence-corrected chi connectivity index (χ4v) is 8.34. The molecule has 63 heavy (non-hydrogen) atoms. The molecule has 9 rings (SSSR count). The predicted molar refractivity (Wildman–Crippen MR) is 266 cm³/mol. The van der Waals surface area contributed by atoms with E-state index in [0.29, 0.717) is 0 Å². The van der Waals surface area contributed by atoms with Crippen LogP contribution in [0.1, 0.15) is 79.0 Å². The third-order valence-corrected chi connectivity index (χ3v) is 12.2. The summed E-state index contributed by atoms with van der Waals surface area (Å²) < 4.78 is 0. The molecule has 4 nitrogen and oxygen atoms in total. The lowest BCUT2D eigenvalue weighted by atomic mass is 9.78. The minimum atomic E-state index is -0.128. The van der Waals surface area contributed by atoms with E-state index in [0.717, 1.165) is 83.7 Å². The van der Waals surface area contributed by atoms with Crippen LogP contribution >= 0.6 is 0 Å². The van der Waals surface area contributed by atoms with E-state index >= 15 is 0 Å². The molecular formula is C59H56N4. The van der Waals surface area contributed by atoms with E-state index in [9.17, 15) is 0 Å². The average Bonchev–Trinajstić information content (AvgIpc) is 3.73. The summed E-state index contributed by atoms with van der Waals surface area (Å²) in [6.07, 6.45) is 1.92. The first kappa shape index (κ1) is 41.4. The second-order valence-corrected chi connectivity index (χ2v) is 20.0. The summed E-state index contributed by atoms with van der Waals surface area (Å²) in [6.45, 7) is 20.6. The molecule has 0 amide bonds.